The molecule has 188 valence electrons. The third-order valence-corrected chi connectivity index (χ3v) is 7.85. The average molecular weight is 517 g/mol. The zero-order valence-electron chi connectivity index (χ0n) is 20.4. The van der Waals surface area contributed by atoms with E-state index >= 15 is 0 Å². The predicted molar refractivity (Wildman–Crippen MR) is 139 cm³/mol. The van der Waals surface area contributed by atoms with Crippen LogP contribution in [-0.4, -0.2) is 59.5 Å². The van der Waals surface area contributed by atoms with Crippen molar-refractivity contribution in [2.75, 3.05) is 37.7 Å². The van der Waals surface area contributed by atoms with Gasteiger partial charge in [0, 0.05) is 43.6 Å². The van der Waals surface area contributed by atoms with Crippen LogP contribution in [0.2, 0.25) is 5.15 Å². The molecule has 9 heteroatoms. The summed E-state index contributed by atoms with van der Waals surface area (Å²) in [5.74, 6) is 2.09. The summed E-state index contributed by atoms with van der Waals surface area (Å²) >= 11 is 7.84. The van der Waals surface area contributed by atoms with E-state index in [1.807, 2.05) is 42.2 Å². The van der Waals surface area contributed by atoms with Crippen molar-refractivity contribution in [3.05, 3.63) is 46.6 Å². The minimum absolute atomic E-state index is 0.00479. The van der Waals surface area contributed by atoms with Gasteiger partial charge in [-0.25, -0.2) is 9.97 Å². The molecule has 0 saturated carbocycles. The van der Waals surface area contributed by atoms with Crippen molar-refractivity contribution in [3.8, 4) is 0 Å². The molecular formula is C26H33ClN4O3S. The Kier molecular flexibility index (Phi) is 8.89. The van der Waals surface area contributed by atoms with E-state index in [0.29, 0.717) is 54.2 Å². The number of carbonyl (C=O) groups is 2. The van der Waals surface area contributed by atoms with E-state index in [-0.39, 0.29) is 17.8 Å². The highest BCUT2D eigenvalue weighted by Gasteiger charge is 2.28. The third-order valence-electron chi connectivity index (χ3n) is 6.74. The van der Waals surface area contributed by atoms with Gasteiger partial charge in [0.2, 0.25) is 0 Å². The Morgan fingerprint density at radius 2 is 1.74 bits per heavy atom. The first-order valence-corrected chi connectivity index (χ1v) is 13.8. The average Bonchev–Trinajstić information content (AvgIpc) is 2.88. The Morgan fingerprint density at radius 3 is 2.40 bits per heavy atom. The van der Waals surface area contributed by atoms with Gasteiger partial charge < -0.3 is 14.5 Å². The first-order valence-electron chi connectivity index (χ1n) is 12.4. The predicted octanol–water partition coefficient (Wildman–Crippen LogP) is 5.07. The highest BCUT2D eigenvalue weighted by atomic mass is 35.5. The van der Waals surface area contributed by atoms with Crippen LogP contribution in [0.3, 0.4) is 0 Å². The van der Waals surface area contributed by atoms with Crippen molar-refractivity contribution < 1.29 is 14.3 Å². The highest BCUT2D eigenvalue weighted by Crippen LogP contribution is 2.28. The molecule has 35 heavy (non-hydrogen) atoms. The summed E-state index contributed by atoms with van der Waals surface area (Å²) in [5, 5.41) is 1.12. The largest absolute Gasteiger partial charge is 0.466 e. The zero-order chi connectivity index (χ0) is 24.8. The molecule has 2 aliphatic rings. The number of carbonyl (C=O) groups excluding carboxylic acids is 2. The molecule has 2 fully saturated rings. The van der Waals surface area contributed by atoms with Gasteiger partial charge >= 0.3 is 5.97 Å². The molecule has 1 aromatic heterocycles. The van der Waals surface area contributed by atoms with Crippen molar-refractivity contribution in [1.82, 2.24) is 14.9 Å². The normalized spacial score (nSPS) is 17.5. The molecule has 1 aromatic carbocycles. The third kappa shape index (κ3) is 6.88. The van der Waals surface area contributed by atoms with E-state index < -0.39 is 0 Å². The fraction of sp³-hybridized carbons (Fsp3) is 0.538. The van der Waals surface area contributed by atoms with Crippen LogP contribution in [0.15, 0.2) is 35.5 Å². The van der Waals surface area contributed by atoms with Crippen LogP contribution in [-0.2, 0) is 15.3 Å². The molecule has 0 atom stereocenters. The lowest BCUT2D eigenvalue weighted by Crippen LogP contribution is -2.40. The Morgan fingerprint density at radius 1 is 1.06 bits per heavy atom. The van der Waals surface area contributed by atoms with Gasteiger partial charge in [0.1, 0.15) is 11.0 Å². The van der Waals surface area contributed by atoms with Gasteiger partial charge in [0.25, 0.3) is 5.91 Å². The standard InChI is InChI=1S/C26H33ClN4O3S/c1-3-34-25(33)21-10-14-31(15-11-21)24(32)20-6-4-19(5-7-20)17-35-26-28-22(27)16-23(29-26)30-12-8-18(2)9-13-30/h4-7,16,18,21H,3,8-15,17H2,1-2H3. The smallest absolute Gasteiger partial charge is 0.309 e. The maximum Gasteiger partial charge on any atom is 0.309 e. The monoisotopic (exact) mass is 516 g/mol. The van der Waals surface area contributed by atoms with Gasteiger partial charge in [-0.05, 0) is 56.2 Å². The topological polar surface area (TPSA) is 75.6 Å². The van der Waals surface area contributed by atoms with Crippen LogP contribution < -0.4 is 4.90 Å². The maximum atomic E-state index is 12.9. The summed E-state index contributed by atoms with van der Waals surface area (Å²) in [7, 11) is 0. The zero-order valence-corrected chi connectivity index (χ0v) is 22.0. The van der Waals surface area contributed by atoms with E-state index in [4.69, 9.17) is 21.3 Å². The van der Waals surface area contributed by atoms with Crippen LogP contribution in [0.4, 0.5) is 5.82 Å². The number of anilines is 1. The first-order chi connectivity index (χ1) is 16.9. The van der Waals surface area contributed by atoms with Crippen molar-refractivity contribution >= 4 is 41.1 Å². The molecule has 0 radical (unpaired) electrons. The van der Waals surface area contributed by atoms with E-state index in [1.54, 1.807) is 11.8 Å². The number of aromatic nitrogens is 2. The number of benzene rings is 1. The summed E-state index contributed by atoms with van der Waals surface area (Å²) < 4.78 is 5.11. The first kappa shape index (κ1) is 25.8. The van der Waals surface area contributed by atoms with E-state index in [9.17, 15) is 9.59 Å². The Hall–Kier alpha value is -2.32. The van der Waals surface area contributed by atoms with E-state index in [0.717, 1.165) is 30.4 Å². The van der Waals surface area contributed by atoms with Crippen molar-refractivity contribution in [2.24, 2.45) is 11.8 Å². The van der Waals surface area contributed by atoms with Crippen LogP contribution in [0.5, 0.6) is 0 Å². The highest BCUT2D eigenvalue weighted by molar-refractivity contribution is 7.98. The Labute approximate surface area is 216 Å². The van der Waals surface area contributed by atoms with Crippen LogP contribution >= 0.6 is 23.4 Å². The molecule has 4 rings (SSSR count). The molecule has 7 nitrogen and oxygen atoms in total. The summed E-state index contributed by atoms with van der Waals surface area (Å²) in [4.78, 5) is 38.1. The Balaban J connectivity index is 1.30. The van der Waals surface area contributed by atoms with Gasteiger partial charge in [-0.15, -0.1) is 0 Å². The lowest BCUT2D eigenvalue weighted by molar-refractivity contribution is -0.149. The lowest BCUT2D eigenvalue weighted by Gasteiger charge is -2.31. The number of thioether (sulfide) groups is 1. The number of esters is 1. The minimum Gasteiger partial charge on any atom is -0.466 e. The van der Waals surface area contributed by atoms with Crippen LogP contribution in [0, 0.1) is 11.8 Å². The molecular weight excluding hydrogens is 484 g/mol. The molecule has 2 saturated heterocycles. The minimum atomic E-state index is -0.150. The number of ether oxygens (including phenoxy) is 1. The van der Waals surface area contributed by atoms with Crippen molar-refractivity contribution in [1.29, 1.82) is 0 Å². The number of amides is 1. The molecule has 0 bridgehead atoms. The molecule has 0 unspecified atom stereocenters. The van der Waals surface area contributed by atoms with Crippen LogP contribution in [0.1, 0.15) is 55.5 Å². The number of halogens is 1. The quantitative estimate of drug-likeness (QED) is 0.220. The molecule has 0 spiro atoms. The molecule has 0 N–H and O–H groups in total. The molecule has 2 aliphatic heterocycles. The number of likely N-dealkylation sites (tertiary alicyclic amines) is 1. The second-order valence-electron chi connectivity index (χ2n) is 9.31. The van der Waals surface area contributed by atoms with Gasteiger partial charge in [0.05, 0.1) is 12.5 Å². The summed E-state index contributed by atoms with van der Waals surface area (Å²) in [6.45, 7) is 7.63. The molecule has 1 amide bonds. The summed E-state index contributed by atoms with van der Waals surface area (Å²) in [6, 6.07) is 9.54. The van der Waals surface area contributed by atoms with Gasteiger partial charge in [-0.2, -0.15) is 0 Å². The van der Waals surface area contributed by atoms with Gasteiger partial charge in [-0.3, -0.25) is 9.59 Å². The molecule has 3 heterocycles. The lowest BCUT2D eigenvalue weighted by atomic mass is 9.96. The van der Waals surface area contributed by atoms with E-state index in [2.05, 4.69) is 16.8 Å². The number of piperidine rings is 2. The van der Waals surface area contributed by atoms with Gasteiger partial charge in [0.15, 0.2) is 5.16 Å². The molecule has 2 aromatic rings. The van der Waals surface area contributed by atoms with Crippen LogP contribution in [0.25, 0.3) is 0 Å². The summed E-state index contributed by atoms with van der Waals surface area (Å²) in [6.07, 6.45) is 3.63. The fourth-order valence-corrected chi connectivity index (χ4v) is 5.54. The number of rotatable bonds is 7. The Bertz CT molecular complexity index is 1020. The van der Waals surface area contributed by atoms with Crippen molar-refractivity contribution in [2.45, 2.75) is 50.4 Å². The number of nitrogens with zero attached hydrogens (tertiary/aromatic N) is 4. The van der Waals surface area contributed by atoms with Gasteiger partial charge in [-0.1, -0.05) is 42.4 Å². The fourth-order valence-electron chi connectivity index (χ4n) is 4.50. The second-order valence-corrected chi connectivity index (χ2v) is 10.6. The number of hydrogen-bond acceptors (Lipinski definition) is 7. The van der Waals surface area contributed by atoms with E-state index in [1.165, 1.54) is 12.8 Å². The van der Waals surface area contributed by atoms with Crippen molar-refractivity contribution in [3.63, 3.8) is 0 Å². The number of hydrogen-bond donors (Lipinski definition) is 0. The summed E-state index contributed by atoms with van der Waals surface area (Å²) in [5.41, 5.74) is 1.75. The maximum absolute atomic E-state index is 12.9. The molecule has 0 aliphatic carbocycles. The SMILES string of the molecule is CCOC(=O)C1CCN(C(=O)c2ccc(CSc3nc(Cl)cc(N4CCC(C)CC4)n3)cc2)CC1. The second kappa shape index (κ2) is 12.1.